The molecule has 328 valence electrons. The number of rotatable bonds is 25. The average molecular weight is 838 g/mol. The van der Waals surface area contributed by atoms with Crippen LogP contribution in [0.1, 0.15) is 88.0 Å². The van der Waals surface area contributed by atoms with E-state index in [1.165, 1.54) is 11.2 Å². The minimum absolute atomic E-state index is 0.140. The lowest BCUT2D eigenvalue weighted by Crippen LogP contribution is -2.54. The molecule has 1 fully saturated rings. The normalized spacial score (nSPS) is 15.6. The third-order valence-electron chi connectivity index (χ3n) is 11.9. The van der Waals surface area contributed by atoms with Gasteiger partial charge in [0, 0.05) is 66.6 Å². The van der Waals surface area contributed by atoms with E-state index in [1.807, 2.05) is 60.8 Å². The highest BCUT2D eigenvalue weighted by atomic mass is 16.2. The predicted octanol–water partition coefficient (Wildman–Crippen LogP) is 4.05. The van der Waals surface area contributed by atoms with Gasteiger partial charge in [-0.2, -0.15) is 0 Å². The van der Waals surface area contributed by atoms with Crippen molar-refractivity contribution in [1.82, 2.24) is 30.5 Å². The molecule has 0 radical (unpaired) electrons. The molecule has 4 amide bonds. The lowest BCUT2D eigenvalue weighted by Gasteiger charge is -2.32. The number of carbonyl (C=O) groups excluding carboxylic acids is 6. The number of imidazole rings is 1. The van der Waals surface area contributed by atoms with Crippen molar-refractivity contribution in [2.75, 3.05) is 19.6 Å². The van der Waals surface area contributed by atoms with Gasteiger partial charge in [0.25, 0.3) is 0 Å². The summed E-state index contributed by atoms with van der Waals surface area (Å²) in [5.41, 5.74) is 20.9. The summed E-state index contributed by atoms with van der Waals surface area (Å²) in [6, 6.07) is 13.5. The van der Waals surface area contributed by atoms with Crippen LogP contribution in [0.2, 0.25) is 0 Å². The van der Waals surface area contributed by atoms with E-state index < -0.39 is 53.6 Å². The second kappa shape index (κ2) is 23.4. The number of nitrogens with zero attached hydrogens (tertiary/aromatic N) is 2. The minimum atomic E-state index is -1.01. The van der Waals surface area contributed by atoms with Crippen LogP contribution in [0.5, 0.6) is 0 Å². The Bertz CT molecular complexity index is 2050. The van der Waals surface area contributed by atoms with Crippen LogP contribution >= 0.6 is 0 Å². The number of para-hydroxylation sites is 1. The van der Waals surface area contributed by atoms with Crippen LogP contribution in [-0.2, 0) is 43.2 Å². The van der Waals surface area contributed by atoms with E-state index in [1.54, 1.807) is 13.1 Å². The molecule has 1 aliphatic carbocycles. The van der Waals surface area contributed by atoms with E-state index in [0.29, 0.717) is 38.0 Å². The SMILES string of the molecule is C[C@H](NC(=O)[C@H](CC(=O)[C@@H](N)Cc1cnc[nH]1)Cc1c[nH]c2ccccc12)C(=O)CN(CC1CCCCC1)C(=O)N[C@H](Cc1ccccc1)C(=O)C[C@@H](CCCCN)C(N)=O. The first-order valence-corrected chi connectivity index (χ1v) is 21.7. The van der Waals surface area contributed by atoms with Crippen LogP contribution in [0, 0.1) is 17.8 Å². The van der Waals surface area contributed by atoms with Gasteiger partial charge in [0.1, 0.15) is 0 Å². The van der Waals surface area contributed by atoms with Crippen molar-refractivity contribution in [2.45, 2.75) is 109 Å². The fourth-order valence-electron chi connectivity index (χ4n) is 8.20. The van der Waals surface area contributed by atoms with Gasteiger partial charge >= 0.3 is 6.03 Å². The quantitative estimate of drug-likeness (QED) is 0.0475. The fraction of sp³-hybridized carbons (Fsp3) is 0.500. The summed E-state index contributed by atoms with van der Waals surface area (Å²) in [6.45, 7) is 2.00. The lowest BCUT2D eigenvalue weighted by molar-refractivity contribution is -0.132. The van der Waals surface area contributed by atoms with Gasteiger partial charge in [-0.05, 0) is 75.1 Å². The summed E-state index contributed by atoms with van der Waals surface area (Å²) in [6.07, 6.45) is 11.9. The summed E-state index contributed by atoms with van der Waals surface area (Å²) in [5, 5.41) is 6.70. The molecule has 5 atom stereocenters. The standard InChI is InChI=1S/C46H63N9O6/c1-30(53-45(60)34(21-35-25-51-39-18-9-8-17-37(35)39)23-41(56)38(48)24-36-26-50-29-52-36)43(58)28-55(27-32-14-6-3-7-15-32)46(61)54-40(20-31-12-4-2-5-13-31)42(57)22-33(44(49)59)16-10-11-19-47/h2,4-5,8-9,12-13,17-18,25-26,29-30,32-34,38,40,51H,3,6-7,10-11,14-16,19-24,27-28,47-48H2,1H3,(H2,49,59)(H,50,52)(H,53,60)(H,54,61)/t30-,33+,34-,38-,40+/m0/s1. The Balaban J connectivity index is 1.31. The molecule has 5 rings (SSSR count). The molecular formula is C46H63N9O6. The van der Waals surface area contributed by atoms with Gasteiger partial charge in [0.05, 0.1) is 31.0 Å². The molecule has 0 unspecified atom stereocenters. The highest BCUT2D eigenvalue weighted by Crippen LogP contribution is 2.26. The topological polar surface area (TPSA) is 252 Å². The maximum Gasteiger partial charge on any atom is 0.318 e. The number of aromatic nitrogens is 3. The predicted molar refractivity (Wildman–Crippen MR) is 234 cm³/mol. The number of Topliss-reactive ketones (excluding diaryl/α,β-unsaturated/α-hetero) is 3. The number of primary amides is 1. The van der Waals surface area contributed by atoms with Crippen molar-refractivity contribution in [2.24, 2.45) is 35.0 Å². The molecule has 1 aliphatic rings. The lowest BCUT2D eigenvalue weighted by atomic mass is 9.89. The highest BCUT2D eigenvalue weighted by Gasteiger charge is 2.33. The summed E-state index contributed by atoms with van der Waals surface area (Å²) in [7, 11) is 0. The zero-order valence-corrected chi connectivity index (χ0v) is 35.3. The molecule has 15 heteroatoms. The second-order valence-corrected chi connectivity index (χ2v) is 16.6. The number of amides is 4. The number of hydrogen-bond donors (Lipinski definition) is 7. The van der Waals surface area contributed by atoms with Crippen LogP contribution in [-0.4, -0.2) is 92.8 Å². The van der Waals surface area contributed by atoms with Gasteiger partial charge in [0.15, 0.2) is 17.3 Å². The molecule has 4 aromatic rings. The largest absolute Gasteiger partial charge is 0.369 e. The smallest absolute Gasteiger partial charge is 0.318 e. The molecule has 2 aromatic heterocycles. The van der Waals surface area contributed by atoms with Crippen molar-refractivity contribution < 1.29 is 28.8 Å². The molecule has 2 aromatic carbocycles. The maximum absolute atomic E-state index is 14.3. The number of nitrogens with two attached hydrogens (primary N) is 3. The van der Waals surface area contributed by atoms with Gasteiger partial charge in [-0.15, -0.1) is 0 Å². The second-order valence-electron chi connectivity index (χ2n) is 16.6. The number of benzene rings is 2. The molecule has 2 heterocycles. The zero-order chi connectivity index (χ0) is 43.7. The summed E-state index contributed by atoms with van der Waals surface area (Å²) >= 11 is 0. The molecule has 0 aliphatic heterocycles. The zero-order valence-electron chi connectivity index (χ0n) is 35.3. The number of carbonyl (C=O) groups is 6. The fourth-order valence-corrected chi connectivity index (χ4v) is 8.20. The van der Waals surface area contributed by atoms with E-state index in [2.05, 4.69) is 25.6 Å². The monoisotopic (exact) mass is 837 g/mol. The number of nitrogens with one attached hydrogen (secondary N) is 4. The molecular weight excluding hydrogens is 775 g/mol. The molecule has 0 bridgehead atoms. The van der Waals surface area contributed by atoms with Crippen molar-refractivity contribution in [3.05, 3.63) is 90.1 Å². The number of aromatic amines is 2. The van der Waals surface area contributed by atoms with Gasteiger partial charge in [-0.3, -0.25) is 24.0 Å². The molecule has 0 spiro atoms. The summed E-state index contributed by atoms with van der Waals surface area (Å²) in [4.78, 5) is 93.8. The average Bonchev–Trinajstić information content (AvgIpc) is 3.93. The Morgan fingerprint density at radius 3 is 2.26 bits per heavy atom. The molecule has 10 N–H and O–H groups in total. The Hall–Kier alpha value is -5.67. The third kappa shape index (κ3) is 14.2. The third-order valence-corrected chi connectivity index (χ3v) is 11.9. The van der Waals surface area contributed by atoms with E-state index in [0.717, 1.165) is 54.1 Å². The van der Waals surface area contributed by atoms with Crippen LogP contribution in [0.4, 0.5) is 4.79 Å². The Morgan fingerprint density at radius 2 is 1.56 bits per heavy atom. The van der Waals surface area contributed by atoms with E-state index in [-0.39, 0.29) is 56.1 Å². The van der Waals surface area contributed by atoms with E-state index in [4.69, 9.17) is 17.2 Å². The number of H-pyrrole nitrogens is 2. The van der Waals surface area contributed by atoms with Crippen LogP contribution in [0.3, 0.4) is 0 Å². The minimum Gasteiger partial charge on any atom is -0.369 e. The molecule has 0 saturated heterocycles. The molecule has 1 saturated carbocycles. The van der Waals surface area contributed by atoms with Gasteiger partial charge in [-0.1, -0.05) is 74.2 Å². The number of hydrogen-bond acceptors (Lipinski definition) is 9. The number of urea groups is 1. The molecule has 61 heavy (non-hydrogen) atoms. The first-order chi connectivity index (χ1) is 29.4. The number of fused-ring (bicyclic) bond motifs is 1. The Morgan fingerprint density at radius 1 is 0.836 bits per heavy atom. The van der Waals surface area contributed by atoms with Gasteiger partial charge in [0.2, 0.25) is 11.8 Å². The molecule has 15 nitrogen and oxygen atoms in total. The number of ketones is 3. The summed E-state index contributed by atoms with van der Waals surface area (Å²) in [5.74, 6) is -3.52. The Labute approximate surface area is 357 Å². The van der Waals surface area contributed by atoms with Crippen molar-refractivity contribution in [3.63, 3.8) is 0 Å². The van der Waals surface area contributed by atoms with Crippen molar-refractivity contribution in [3.8, 4) is 0 Å². The van der Waals surface area contributed by atoms with Crippen molar-refractivity contribution in [1.29, 1.82) is 0 Å². The Kier molecular flexibility index (Phi) is 17.8. The maximum atomic E-state index is 14.3. The first kappa shape index (κ1) is 46.4. The first-order valence-electron chi connectivity index (χ1n) is 21.7. The summed E-state index contributed by atoms with van der Waals surface area (Å²) < 4.78 is 0. The van der Waals surface area contributed by atoms with E-state index in [9.17, 15) is 28.8 Å². The van der Waals surface area contributed by atoms with Crippen LogP contribution < -0.4 is 27.8 Å². The van der Waals surface area contributed by atoms with Gasteiger partial charge < -0.3 is 42.7 Å². The van der Waals surface area contributed by atoms with Crippen LogP contribution in [0.15, 0.2) is 73.3 Å². The van der Waals surface area contributed by atoms with Crippen molar-refractivity contribution >= 4 is 46.1 Å². The van der Waals surface area contributed by atoms with Gasteiger partial charge in [-0.25, -0.2) is 9.78 Å². The number of unbranched alkanes of at least 4 members (excludes halogenated alkanes) is 1. The van der Waals surface area contributed by atoms with Crippen LogP contribution in [0.25, 0.3) is 10.9 Å². The highest BCUT2D eigenvalue weighted by molar-refractivity contribution is 5.96. The van der Waals surface area contributed by atoms with E-state index >= 15 is 0 Å².